The van der Waals surface area contributed by atoms with Crippen LogP contribution in [0.5, 0.6) is 0 Å². The Balaban J connectivity index is 3.30. The van der Waals surface area contributed by atoms with Crippen LogP contribution in [-0.4, -0.2) is 11.9 Å². The van der Waals surface area contributed by atoms with Gasteiger partial charge in [0.05, 0.1) is 0 Å². The van der Waals surface area contributed by atoms with Gasteiger partial charge in [-0.3, -0.25) is 4.79 Å². The SMILES string of the molecule is CCCCCCCC/C=C\CCCCCCCC(=O)NC(C)CC(C)C. The van der Waals surface area contributed by atoms with Crippen molar-refractivity contribution in [3.8, 4) is 0 Å². The summed E-state index contributed by atoms with van der Waals surface area (Å²) in [7, 11) is 0. The maximum absolute atomic E-state index is 11.8. The molecule has 26 heavy (non-hydrogen) atoms. The van der Waals surface area contributed by atoms with Crippen molar-refractivity contribution in [1.82, 2.24) is 5.32 Å². The Hall–Kier alpha value is -0.790. The third kappa shape index (κ3) is 19.5. The third-order valence-corrected chi connectivity index (χ3v) is 4.90. The normalized spacial score (nSPS) is 12.8. The highest BCUT2D eigenvalue weighted by molar-refractivity contribution is 5.76. The van der Waals surface area contributed by atoms with Crippen molar-refractivity contribution in [3.63, 3.8) is 0 Å². The summed E-state index contributed by atoms with van der Waals surface area (Å²) in [6, 6.07) is 0.311. The van der Waals surface area contributed by atoms with Crippen LogP contribution in [0.3, 0.4) is 0 Å². The molecule has 2 heteroatoms. The van der Waals surface area contributed by atoms with Crippen molar-refractivity contribution in [1.29, 1.82) is 0 Å². The van der Waals surface area contributed by atoms with Gasteiger partial charge in [0.1, 0.15) is 0 Å². The summed E-state index contributed by atoms with van der Waals surface area (Å²) < 4.78 is 0. The highest BCUT2D eigenvalue weighted by atomic mass is 16.1. The standard InChI is InChI=1S/C24H47NO/c1-5-6-7-8-9-10-11-12-13-14-15-16-17-18-19-20-24(26)25-23(4)21-22(2)3/h12-13,22-23H,5-11,14-21H2,1-4H3,(H,25,26)/b13-12-. The maximum Gasteiger partial charge on any atom is 0.220 e. The first-order valence-electron chi connectivity index (χ1n) is 11.5. The van der Waals surface area contributed by atoms with Gasteiger partial charge in [0.15, 0.2) is 0 Å². The second kappa shape index (κ2) is 19.0. The van der Waals surface area contributed by atoms with Gasteiger partial charge in [-0.05, 0) is 51.4 Å². The lowest BCUT2D eigenvalue weighted by Gasteiger charge is -2.15. The molecule has 2 nitrogen and oxygen atoms in total. The van der Waals surface area contributed by atoms with Gasteiger partial charge < -0.3 is 5.32 Å². The Bertz CT molecular complexity index is 335. The van der Waals surface area contributed by atoms with E-state index in [-0.39, 0.29) is 5.91 Å². The van der Waals surface area contributed by atoms with Gasteiger partial charge in [-0.15, -0.1) is 0 Å². The average molecular weight is 366 g/mol. The van der Waals surface area contributed by atoms with Crippen molar-refractivity contribution < 1.29 is 4.79 Å². The monoisotopic (exact) mass is 365 g/mol. The van der Waals surface area contributed by atoms with Crippen LogP contribution in [-0.2, 0) is 4.79 Å². The number of carbonyl (C=O) groups is 1. The molecule has 0 saturated heterocycles. The van der Waals surface area contributed by atoms with Crippen molar-refractivity contribution in [2.24, 2.45) is 5.92 Å². The van der Waals surface area contributed by atoms with Crippen LogP contribution in [0.2, 0.25) is 0 Å². The molecule has 0 aromatic carbocycles. The smallest absolute Gasteiger partial charge is 0.220 e. The van der Waals surface area contributed by atoms with Gasteiger partial charge >= 0.3 is 0 Å². The van der Waals surface area contributed by atoms with Crippen molar-refractivity contribution in [3.05, 3.63) is 12.2 Å². The summed E-state index contributed by atoms with van der Waals surface area (Å²) in [6.07, 6.45) is 23.4. The lowest BCUT2D eigenvalue weighted by atomic mass is 10.0. The van der Waals surface area contributed by atoms with Gasteiger partial charge in [-0.1, -0.05) is 84.3 Å². The Kier molecular flexibility index (Phi) is 18.4. The number of rotatable bonds is 18. The average Bonchev–Trinajstić information content (AvgIpc) is 2.57. The van der Waals surface area contributed by atoms with Gasteiger partial charge in [-0.2, -0.15) is 0 Å². The van der Waals surface area contributed by atoms with Crippen LogP contribution in [0.1, 0.15) is 124 Å². The number of nitrogens with one attached hydrogen (secondary N) is 1. The molecule has 0 aromatic rings. The summed E-state index contributed by atoms with van der Waals surface area (Å²) in [5.41, 5.74) is 0. The minimum absolute atomic E-state index is 0.232. The Labute approximate surface area is 164 Å². The molecule has 1 N–H and O–H groups in total. The van der Waals surface area contributed by atoms with Gasteiger partial charge in [0.25, 0.3) is 0 Å². The first kappa shape index (κ1) is 25.2. The molecule has 1 unspecified atom stereocenters. The Morgan fingerprint density at radius 3 is 1.81 bits per heavy atom. The fraction of sp³-hybridized carbons (Fsp3) is 0.875. The molecule has 0 bridgehead atoms. The van der Waals surface area contributed by atoms with Gasteiger partial charge in [0.2, 0.25) is 5.91 Å². The molecule has 0 rings (SSSR count). The predicted molar refractivity (Wildman–Crippen MR) is 117 cm³/mol. The zero-order chi connectivity index (χ0) is 19.5. The molecular weight excluding hydrogens is 318 g/mol. The fourth-order valence-electron chi connectivity index (χ4n) is 3.47. The number of hydrogen-bond donors (Lipinski definition) is 1. The third-order valence-electron chi connectivity index (χ3n) is 4.90. The summed E-state index contributed by atoms with van der Waals surface area (Å²) in [5.74, 6) is 0.876. The van der Waals surface area contributed by atoms with E-state index >= 15 is 0 Å². The number of carbonyl (C=O) groups excluding carboxylic acids is 1. The largest absolute Gasteiger partial charge is 0.354 e. The molecule has 154 valence electrons. The highest BCUT2D eigenvalue weighted by Crippen LogP contribution is 2.10. The van der Waals surface area contributed by atoms with E-state index in [4.69, 9.17) is 0 Å². The van der Waals surface area contributed by atoms with Crippen molar-refractivity contribution in [2.75, 3.05) is 0 Å². The number of allylic oxidation sites excluding steroid dienone is 2. The van der Waals surface area contributed by atoms with Crippen LogP contribution in [0, 0.1) is 5.92 Å². The molecule has 0 saturated carbocycles. The molecule has 0 radical (unpaired) electrons. The fourth-order valence-corrected chi connectivity index (χ4v) is 3.47. The van der Waals surface area contributed by atoms with E-state index in [9.17, 15) is 4.79 Å². The second-order valence-electron chi connectivity index (χ2n) is 8.43. The zero-order valence-corrected chi connectivity index (χ0v) is 18.3. The minimum Gasteiger partial charge on any atom is -0.354 e. The summed E-state index contributed by atoms with van der Waals surface area (Å²) >= 11 is 0. The number of unbranched alkanes of at least 4 members (excludes halogenated alkanes) is 11. The van der Waals surface area contributed by atoms with E-state index in [1.54, 1.807) is 0 Å². The molecular formula is C24H47NO. The first-order chi connectivity index (χ1) is 12.6. The van der Waals surface area contributed by atoms with Crippen molar-refractivity contribution >= 4 is 5.91 Å². The van der Waals surface area contributed by atoms with Crippen LogP contribution in [0.15, 0.2) is 12.2 Å². The van der Waals surface area contributed by atoms with E-state index in [0.29, 0.717) is 18.4 Å². The van der Waals surface area contributed by atoms with Crippen LogP contribution >= 0.6 is 0 Å². The summed E-state index contributed by atoms with van der Waals surface area (Å²) in [6.45, 7) is 8.78. The highest BCUT2D eigenvalue weighted by Gasteiger charge is 2.08. The summed E-state index contributed by atoms with van der Waals surface area (Å²) in [4.78, 5) is 11.8. The van der Waals surface area contributed by atoms with E-state index in [1.807, 2.05) is 0 Å². The lowest BCUT2D eigenvalue weighted by molar-refractivity contribution is -0.121. The van der Waals surface area contributed by atoms with Crippen LogP contribution in [0.25, 0.3) is 0 Å². The van der Waals surface area contributed by atoms with Gasteiger partial charge in [-0.25, -0.2) is 0 Å². The van der Waals surface area contributed by atoms with E-state index in [0.717, 1.165) is 12.8 Å². The molecule has 1 amide bonds. The maximum atomic E-state index is 11.8. The topological polar surface area (TPSA) is 29.1 Å². The second-order valence-corrected chi connectivity index (χ2v) is 8.43. The quantitative estimate of drug-likeness (QED) is 0.197. The van der Waals surface area contributed by atoms with Crippen molar-refractivity contribution in [2.45, 2.75) is 130 Å². The lowest BCUT2D eigenvalue weighted by Crippen LogP contribution is -2.33. The molecule has 0 fully saturated rings. The minimum atomic E-state index is 0.232. The zero-order valence-electron chi connectivity index (χ0n) is 18.3. The summed E-state index contributed by atoms with van der Waals surface area (Å²) in [5, 5.41) is 3.11. The Morgan fingerprint density at radius 1 is 0.769 bits per heavy atom. The molecule has 0 heterocycles. The van der Waals surface area contributed by atoms with Crippen LogP contribution in [0.4, 0.5) is 0 Å². The van der Waals surface area contributed by atoms with E-state index in [1.165, 1.54) is 77.0 Å². The van der Waals surface area contributed by atoms with Crippen LogP contribution < -0.4 is 5.32 Å². The number of hydrogen-bond acceptors (Lipinski definition) is 1. The molecule has 0 aliphatic heterocycles. The predicted octanol–water partition coefficient (Wildman–Crippen LogP) is 7.57. The number of amides is 1. The molecule has 0 spiro atoms. The van der Waals surface area contributed by atoms with E-state index < -0.39 is 0 Å². The molecule has 1 atom stereocenters. The molecule has 0 aromatic heterocycles. The molecule has 0 aliphatic carbocycles. The van der Waals surface area contributed by atoms with E-state index in [2.05, 4.69) is 45.2 Å². The van der Waals surface area contributed by atoms with Gasteiger partial charge in [0, 0.05) is 12.5 Å². The Morgan fingerprint density at radius 2 is 1.27 bits per heavy atom. The molecule has 0 aliphatic rings. The first-order valence-corrected chi connectivity index (χ1v) is 11.5.